The molecule has 3 aliphatic rings. The van der Waals surface area contributed by atoms with Crippen LogP contribution in [0.1, 0.15) is 44.9 Å². The Hall–Kier alpha value is -3.28. The van der Waals surface area contributed by atoms with Crippen LogP contribution in [0.5, 0.6) is 11.5 Å². The topological polar surface area (TPSA) is 39.7 Å². The van der Waals surface area contributed by atoms with Gasteiger partial charge in [-0.15, -0.1) is 0 Å². The molecule has 1 fully saturated rings. The molecule has 0 aromatic heterocycles. The molecule has 3 aliphatic heterocycles. The number of ether oxygens (including phenoxy) is 3. The van der Waals surface area contributed by atoms with Crippen molar-refractivity contribution >= 4 is 17.5 Å². The van der Waals surface area contributed by atoms with E-state index in [-0.39, 0.29) is 23.4 Å². The summed E-state index contributed by atoms with van der Waals surface area (Å²) in [4.78, 5) is 6.78. The quantitative estimate of drug-likeness (QED) is 0.396. The first kappa shape index (κ1) is 19.1. The van der Waals surface area contributed by atoms with Crippen molar-refractivity contribution in [3.63, 3.8) is 0 Å². The number of fused-ring (bicyclic) bond motifs is 4. The Labute approximate surface area is 171 Å². The molecule has 0 unspecified atom stereocenters. The van der Waals surface area contributed by atoms with Crippen molar-refractivity contribution in [1.82, 2.24) is 0 Å². The maximum absolute atomic E-state index is 6.96. The van der Waals surface area contributed by atoms with Gasteiger partial charge in [-0.25, -0.2) is 9.69 Å². The second-order valence-corrected chi connectivity index (χ2v) is 8.39. The van der Waals surface area contributed by atoms with Gasteiger partial charge >= 0.3 is 0 Å². The van der Waals surface area contributed by atoms with Crippen molar-refractivity contribution in [2.45, 2.75) is 51.1 Å². The monoisotopic (exact) mass is 386 g/mol. The molecule has 0 radical (unpaired) electrons. The zero-order valence-corrected chi connectivity index (χ0v) is 16.9. The lowest BCUT2D eigenvalue weighted by atomic mass is 9.94. The molecule has 0 spiro atoms. The van der Waals surface area contributed by atoms with Gasteiger partial charge in [-0.2, -0.15) is 0 Å². The number of epoxide rings is 1. The van der Waals surface area contributed by atoms with Crippen molar-refractivity contribution in [1.29, 1.82) is 0 Å². The third kappa shape index (κ3) is 3.70. The normalized spacial score (nSPS) is 23.2. The minimum atomic E-state index is -0.253. The van der Waals surface area contributed by atoms with Crippen LogP contribution < -0.4 is 9.47 Å². The van der Waals surface area contributed by atoms with E-state index in [9.17, 15) is 0 Å². The van der Waals surface area contributed by atoms with Crippen LogP contribution in [0.4, 0.5) is 11.4 Å². The largest absolute Gasteiger partial charge is 0.485 e. The number of benzene rings is 2. The highest BCUT2D eigenvalue weighted by atomic mass is 16.6. The van der Waals surface area contributed by atoms with Gasteiger partial charge in [0.1, 0.15) is 34.9 Å². The van der Waals surface area contributed by atoms with E-state index in [0.29, 0.717) is 11.4 Å². The van der Waals surface area contributed by atoms with E-state index in [1.807, 2.05) is 64.1 Å². The van der Waals surface area contributed by atoms with Crippen LogP contribution in [0.25, 0.3) is 15.8 Å². The van der Waals surface area contributed by atoms with Crippen molar-refractivity contribution in [3.8, 4) is 11.5 Å². The average Bonchev–Trinajstić information content (AvgIpc) is 3.49. The third-order valence-electron chi connectivity index (χ3n) is 5.14. The summed E-state index contributed by atoms with van der Waals surface area (Å²) in [5.74, 6) is 1.70. The van der Waals surface area contributed by atoms with Gasteiger partial charge in [0.15, 0.2) is 11.4 Å². The van der Waals surface area contributed by atoms with Gasteiger partial charge in [-0.1, -0.05) is 18.2 Å². The summed E-state index contributed by atoms with van der Waals surface area (Å²) in [6, 6.07) is 11.0. The van der Waals surface area contributed by atoms with Crippen LogP contribution in [0, 0.1) is 13.1 Å². The molecule has 0 N–H and O–H groups in total. The lowest BCUT2D eigenvalue weighted by molar-refractivity contribution is 0.0725. The number of rotatable bonds is 0. The van der Waals surface area contributed by atoms with Gasteiger partial charge in [0.2, 0.25) is 0 Å². The Morgan fingerprint density at radius 2 is 1.52 bits per heavy atom. The zero-order chi connectivity index (χ0) is 20.8. The van der Waals surface area contributed by atoms with Gasteiger partial charge in [-0.3, -0.25) is 0 Å². The molecule has 0 saturated carbocycles. The van der Waals surface area contributed by atoms with Gasteiger partial charge in [0.25, 0.3) is 0 Å². The summed E-state index contributed by atoms with van der Waals surface area (Å²) in [7, 11) is 0. The van der Waals surface area contributed by atoms with E-state index in [4.69, 9.17) is 27.4 Å². The van der Waals surface area contributed by atoms with E-state index in [2.05, 4.69) is 9.69 Å². The summed E-state index contributed by atoms with van der Waals surface area (Å²) in [5.41, 5.74) is 2.80. The standard InChI is InChI=1S/C12H11NO2.C12H11NO/c1-12(2)11-10(14-11)8-6-7(13-3)4-5-9(8)15-12;1-12(2)7-6-9-8-10(13-3)4-5-11(9)14-12/h4-6,10-11H,1-2H3;4-8H,1-2H3/t10-,11-;/m0./s1. The molecule has 0 bridgehead atoms. The van der Waals surface area contributed by atoms with Crippen molar-refractivity contribution in [2.24, 2.45) is 0 Å². The van der Waals surface area contributed by atoms with Gasteiger partial charge in [0.05, 0.1) is 13.1 Å². The maximum atomic E-state index is 6.96. The van der Waals surface area contributed by atoms with Crippen LogP contribution >= 0.6 is 0 Å². The molecule has 2 aromatic rings. The van der Waals surface area contributed by atoms with Crippen molar-refractivity contribution < 1.29 is 14.2 Å². The molecular weight excluding hydrogens is 364 g/mol. The molecule has 29 heavy (non-hydrogen) atoms. The van der Waals surface area contributed by atoms with Crippen molar-refractivity contribution in [3.05, 3.63) is 76.4 Å². The Morgan fingerprint density at radius 1 is 0.862 bits per heavy atom. The molecule has 0 aliphatic carbocycles. The Morgan fingerprint density at radius 3 is 2.21 bits per heavy atom. The van der Waals surface area contributed by atoms with Gasteiger partial charge in [-0.05, 0) is 58.0 Å². The predicted molar refractivity (Wildman–Crippen MR) is 111 cm³/mol. The highest BCUT2D eigenvalue weighted by Gasteiger charge is 2.56. The Balaban J connectivity index is 0.000000142. The summed E-state index contributed by atoms with van der Waals surface area (Å²) < 4.78 is 17.2. The number of hydrogen-bond donors (Lipinski definition) is 0. The minimum Gasteiger partial charge on any atom is -0.485 e. The van der Waals surface area contributed by atoms with Crippen LogP contribution in [0.3, 0.4) is 0 Å². The van der Waals surface area contributed by atoms with Crippen LogP contribution in [0.15, 0.2) is 42.5 Å². The summed E-state index contributed by atoms with van der Waals surface area (Å²) >= 11 is 0. The first-order chi connectivity index (χ1) is 13.7. The lowest BCUT2D eigenvalue weighted by Crippen LogP contribution is -2.37. The van der Waals surface area contributed by atoms with E-state index >= 15 is 0 Å². The number of nitrogens with zero attached hydrogens (tertiary/aromatic N) is 2. The molecular formula is C24H22N2O3. The lowest BCUT2D eigenvalue weighted by Gasteiger charge is -2.29. The Bertz CT molecular complexity index is 1090. The zero-order valence-electron chi connectivity index (χ0n) is 16.9. The molecule has 1 saturated heterocycles. The fourth-order valence-electron chi connectivity index (χ4n) is 3.58. The van der Waals surface area contributed by atoms with E-state index in [0.717, 1.165) is 22.6 Å². The minimum absolute atomic E-state index is 0.130. The van der Waals surface area contributed by atoms with Crippen LogP contribution in [-0.2, 0) is 4.74 Å². The fourth-order valence-corrected chi connectivity index (χ4v) is 3.58. The third-order valence-corrected chi connectivity index (χ3v) is 5.14. The van der Waals surface area contributed by atoms with Gasteiger partial charge < -0.3 is 14.2 Å². The summed E-state index contributed by atoms with van der Waals surface area (Å²) in [5, 5.41) is 0. The summed E-state index contributed by atoms with van der Waals surface area (Å²) in [6.07, 6.45) is 4.28. The second-order valence-electron chi connectivity index (χ2n) is 8.39. The second kappa shape index (κ2) is 6.65. The fraction of sp³-hybridized carbons (Fsp3) is 0.333. The smallest absolute Gasteiger partial charge is 0.188 e. The van der Waals surface area contributed by atoms with Crippen LogP contribution in [-0.4, -0.2) is 17.3 Å². The van der Waals surface area contributed by atoms with E-state index < -0.39 is 0 Å². The molecule has 5 heteroatoms. The van der Waals surface area contributed by atoms with Gasteiger partial charge in [0, 0.05) is 11.1 Å². The van der Waals surface area contributed by atoms with Crippen molar-refractivity contribution in [2.75, 3.05) is 0 Å². The summed E-state index contributed by atoms with van der Waals surface area (Å²) in [6.45, 7) is 21.9. The van der Waals surface area contributed by atoms with Crippen LogP contribution in [0.2, 0.25) is 0 Å². The predicted octanol–water partition coefficient (Wildman–Crippen LogP) is 6.27. The highest BCUT2D eigenvalue weighted by Crippen LogP contribution is 2.54. The van der Waals surface area contributed by atoms with E-state index in [1.54, 1.807) is 12.1 Å². The first-order valence-corrected chi connectivity index (χ1v) is 9.48. The Kier molecular flexibility index (Phi) is 4.37. The highest BCUT2D eigenvalue weighted by molar-refractivity contribution is 5.66. The molecule has 146 valence electrons. The average molecular weight is 386 g/mol. The molecule has 3 heterocycles. The maximum Gasteiger partial charge on any atom is 0.188 e. The number of hydrogen-bond acceptors (Lipinski definition) is 3. The first-order valence-electron chi connectivity index (χ1n) is 9.48. The molecule has 5 rings (SSSR count). The molecule has 0 amide bonds. The SMILES string of the molecule is [C-]#[N+]c1ccc2c(c1)C=CC(C)(C)O2.[C-]#[N+]c1ccc2c(c1)[C@@H]1O[C@@H]1C(C)(C)O2. The molecule has 5 nitrogen and oxygen atoms in total. The molecule has 2 aromatic carbocycles. The molecule has 2 atom stereocenters. The van der Waals surface area contributed by atoms with E-state index in [1.165, 1.54) is 0 Å².